The Hall–Kier alpha value is -0.600. The van der Waals surface area contributed by atoms with E-state index in [0.717, 1.165) is 19.6 Å². The Morgan fingerprint density at radius 3 is 2.76 bits per heavy atom. The van der Waals surface area contributed by atoms with Crippen molar-refractivity contribution in [1.82, 2.24) is 0 Å². The molecule has 0 unspecified atom stereocenters. The molecule has 2 nitrogen and oxygen atoms in total. The van der Waals surface area contributed by atoms with Gasteiger partial charge in [0.2, 0.25) is 0 Å². The van der Waals surface area contributed by atoms with E-state index in [0.29, 0.717) is 0 Å². The van der Waals surface area contributed by atoms with E-state index in [2.05, 4.69) is 26.0 Å². The van der Waals surface area contributed by atoms with Gasteiger partial charge in [0.1, 0.15) is 6.10 Å². The predicted molar refractivity (Wildman–Crippen MR) is 70.1 cm³/mol. The second-order valence-corrected chi connectivity index (χ2v) is 5.02. The summed E-state index contributed by atoms with van der Waals surface area (Å²) in [6.45, 7) is 5.90. The van der Waals surface area contributed by atoms with Crippen molar-refractivity contribution in [3.05, 3.63) is 23.3 Å². The minimum absolute atomic E-state index is 0.190. The standard InChI is InChI=1S/C15H24O2/c1-3-4-5-6-7-14-15-13(9-11-17-15)12(2)8-10-16-14/h8-9,14-15H,3-7,10-11H2,1-2H3/t14-,15-/m0/s1. The fourth-order valence-corrected chi connectivity index (χ4v) is 2.65. The van der Waals surface area contributed by atoms with Gasteiger partial charge in [-0.15, -0.1) is 0 Å². The van der Waals surface area contributed by atoms with E-state index < -0.39 is 0 Å². The lowest BCUT2D eigenvalue weighted by Crippen LogP contribution is -2.30. The highest BCUT2D eigenvalue weighted by molar-refractivity contribution is 5.36. The molecule has 0 amide bonds. The molecule has 0 saturated heterocycles. The molecule has 0 radical (unpaired) electrons. The van der Waals surface area contributed by atoms with Crippen LogP contribution in [0.5, 0.6) is 0 Å². The van der Waals surface area contributed by atoms with Gasteiger partial charge in [0, 0.05) is 0 Å². The van der Waals surface area contributed by atoms with Gasteiger partial charge in [-0.2, -0.15) is 0 Å². The Morgan fingerprint density at radius 2 is 1.94 bits per heavy atom. The quantitative estimate of drug-likeness (QED) is 0.679. The summed E-state index contributed by atoms with van der Waals surface area (Å²) in [4.78, 5) is 0. The van der Waals surface area contributed by atoms with Gasteiger partial charge in [-0.25, -0.2) is 0 Å². The van der Waals surface area contributed by atoms with Crippen LogP contribution < -0.4 is 0 Å². The Bertz CT molecular complexity index is 304. The lowest BCUT2D eigenvalue weighted by atomic mass is 9.96. The SMILES string of the molecule is CCCCCC[C@@H]1OCC=C(C)C2=CCO[C@@H]21. The molecule has 0 bridgehead atoms. The van der Waals surface area contributed by atoms with Gasteiger partial charge < -0.3 is 9.47 Å². The van der Waals surface area contributed by atoms with Crippen LogP contribution in [0.15, 0.2) is 23.3 Å². The lowest BCUT2D eigenvalue weighted by Gasteiger charge is -2.23. The fourth-order valence-electron chi connectivity index (χ4n) is 2.65. The van der Waals surface area contributed by atoms with E-state index in [-0.39, 0.29) is 12.2 Å². The molecule has 96 valence electrons. The molecule has 0 saturated carbocycles. The van der Waals surface area contributed by atoms with E-state index in [1.165, 1.54) is 36.8 Å². The first kappa shape index (κ1) is 12.8. The molecule has 0 spiro atoms. The third-order valence-corrected chi connectivity index (χ3v) is 3.72. The van der Waals surface area contributed by atoms with Gasteiger partial charge in [0.25, 0.3) is 0 Å². The van der Waals surface area contributed by atoms with Crippen molar-refractivity contribution in [2.75, 3.05) is 13.2 Å². The van der Waals surface area contributed by atoms with Crippen molar-refractivity contribution in [2.24, 2.45) is 0 Å². The van der Waals surface area contributed by atoms with Crippen LogP contribution in [-0.2, 0) is 9.47 Å². The summed E-state index contributed by atoms with van der Waals surface area (Å²) in [7, 11) is 0. The van der Waals surface area contributed by atoms with Gasteiger partial charge in [-0.3, -0.25) is 0 Å². The van der Waals surface area contributed by atoms with Gasteiger partial charge in [-0.05, 0) is 24.5 Å². The monoisotopic (exact) mass is 236 g/mol. The molecule has 2 heterocycles. The molecule has 0 aromatic carbocycles. The van der Waals surface area contributed by atoms with Gasteiger partial charge >= 0.3 is 0 Å². The maximum Gasteiger partial charge on any atom is 0.109 e. The van der Waals surface area contributed by atoms with E-state index in [9.17, 15) is 0 Å². The summed E-state index contributed by atoms with van der Waals surface area (Å²) in [6, 6.07) is 0. The molecule has 2 aliphatic rings. The van der Waals surface area contributed by atoms with Crippen LogP contribution in [-0.4, -0.2) is 25.4 Å². The summed E-state index contributed by atoms with van der Waals surface area (Å²) in [5, 5.41) is 0. The van der Waals surface area contributed by atoms with Crippen molar-refractivity contribution in [3.8, 4) is 0 Å². The highest BCUT2D eigenvalue weighted by Crippen LogP contribution is 2.30. The molecule has 0 N–H and O–H groups in total. The predicted octanol–water partition coefficient (Wildman–Crippen LogP) is 3.63. The Labute approximate surface area is 105 Å². The zero-order valence-corrected chi connectivity index (χ0v) is 11.1. The summed E-state index contributed by atoms with van der Waals surface area (Å²) in [5.41, 5.74) is 2.70. The van der Waals surface area contributed by atoms with Crippen LogP contribution in [0.4, 0.5) is 0 Å². The Kier molecular flexibility index (Phi) is 4.81. The third kappa shape index (κ3) is 3.20. The van der Waals surface area contributed by atoms with Crippen LogP contribution in [0, 0.1) is 0 Å². The highest BCUT2D eigenvalue weighted by Gasteiger charge is 2.31. The molecule has 2 rings (SSSR count). The number of ether oxygens (including phenoxy) is 2. The van der Waals surface area contributed by atoms with Gasteiger partial charge in [0.15, 0.2) is 0 Å². The van der Waals surface area contributed by atoms with Crippen LogP contribution in [0.1, 0.15) is 46.0 Å². The molecule has 17 heavy (non-hydrogen) atoms. The summed E-state index contributed by atoms with van der Waals surface area (Å²) < 4.78 is 11.7. The molecule has 0 fully saturated rings. The number of rotatable bonds is 5. The zero-order valence-electron chi connectivity index (χ0n) is 11.1. The molecule has 2 heteroatoms. The summed E-state index contributed by atoms with van der Waals surface area (Å²) >= 11 is 0. The molecular weight excluding hydrogens is 212 g/mol. The number of hydrogen-bond donors (Lipinski definition) is 0. The van der Waals surface area contributed by atoms with Gasteiger partial charge in [-0.1, -0.05) is 44.8 Å². The normalized spacial score (nSPS) is 28.4. The second kappa shape index (κ2) is 6.36. The maximum absolute atomic E-state index is 5.93. The molecular formula is C15H24O2. The molecule has 0 aliphatic carbocycles. The van der Waals surface area contributed by atoms with E-state index >= 15 is 0 Å². The minimum Gasteiger partial charge on any atom is -0.371 e. The first-order valence-electron chi connectivity index (χ1n) is 6.93. The summed E-state index contributed by atoms with van der Waals surface area (Å²) in [5.74, 6) is 0. The third-order valence-electron chi connectivity index (χ3n) is 3.72. The smallest absolute Gasteiger partial charge is 0.109 e. The van der Waals surface area contributed by atoms with E-state index in [1.54, 1.807) is 0 Å². The number of unbranched alkanes of at least 4 members (excludes halogenated alkanes) is 3. The van der Waals surface area contributed by atoms with Crippen molar-refractivity contribution in [3.63, 3.8) is 0 Å². The average Bonchev–Trinajstić information content (AvgIpc) is 2.76. The molecule has 2 aliphatic heterocycles. The first-order valence-corrected chi connectivity index (χ1v) is 6.93. The topological polar surface area (TPSA) is 18.5 Å². The Balaban J connectivity index is 1.89. The fraction of sp³-hybridized carbons (Fsp3) is 0.733. The van der Waals surface area contributed by atoms with Crippen LogP contribution in [0.2, 0.25) is 0 Å². The molecule has 0 aromatic heterocycles. The number of fused-ring (bicyclic) bond motifs is 1. The Morgan fingerprint density at radius 1 is 1.12 bits per heavy atom. The zero-order chi connectivity index (χ0) is 12.1. The van der Waals surface area contributed by atoms with Crippen molar-refractivity contribution >= 4 is 0 Å². The van der Waals surface area contributed by atoms with Crippen LogP contribution >= 0.6 is 0 Å². The van der Waals surface area contributed by atoms with Crippen molar-refractivity contribution in [2.45, 2.75) is 58.2 Å². The molecule has 2 atom stereocenters. The average molecular weight is 236 g/mol. The van der Waals surface area contributed by atoms with Crippen molar-refractivity contribution in [1.29, 1.82) is 0 Å². The van der Waals surface area contributed by atoms with Crippen molar-refractivity contribution < 1.29 is 9.47 Å². The van der Waals surface area contributed by atoms with Crippen LogP contribution in [0.25, 0.3) is 0 Å². The second-order valence-electron chi connectivity index (χ2n) is 5.02. The molecule has 0 aromatic rings. The summed E-state index contributed by atoms with van der Waals surface area (Å²) in [6.07, 6.45) is 11.2. The number of hydrogen-bond acceptors (Lipinski definition) is 2. The maximum atomic E-state index is 5.93. The van der Waals surface area contributed by atoms with E-state index in [4.69, 9.17) is 9.47 Å². The van der Waals surface area contributed by atoms with Gasteiger partial charge in [0.05, 0.1) is 19.3 Å². The highest BCUT2D eigenvalue weighted by atomic mass is 16.5. The lowest BCUT2D eigenvalue weighted by molar-refractivity contribution is -0.0321. The van der Waals surface area contributed by atoms with E-state index in [1.807, 2.05) is 0 Å². The minimum atomic E-state index is 0.190. The largest absolute Gasteiger partial charge is 0.371 e. The van der Waals surface area contributed by atoms with Crippen LogP contribution in [0.3, 0.4) is 0 Å². The first-order chi connectivity index (χ1) is 8.33.